The summed E-state index contributed by atoms with van der Waals surface area (Å²) in [4.78, 5) is 23.3. The van der Waals surface area contributed by atoms with E-state index in [4.69, 9.17) is 4.52 Å². The van der Waals surface area contributed by atoms with E-state index >= 15 is 0 Å². The Morgan fingerprint density at radius 3 is 2.86 bits per heavy atom. The zero-order chi connectivity index (χ0) is 15.1. The zero-order valence-electron chi connectivity index (χ0n) is 12.3. The largest absolute Gasteiger partial charge is 0.360 e. The summed E-state index contributed by atoms with van der Waals surface area (Å²) in [6, 6.07) is 1.60. The molecule has 114 valence electrons. The molecule has 0 unspecified atom stereocenters. The lowest BCUT2D eigenvalue weighted by Crippen LogP contribution is -2.29. The highest BCUT2D eigenvalue weighted by Gasteiger charge is 2.11. The summed E-state index contributed by atoms with van der Waals surface area (Å²) in [5.74, 6) is 0.273. The van der Waals surface area contributed by atoms with Crippen LogP contribution in [0.15, 0.2) is 22.2 Å². The topological polar surface area (TPSA) is 84.2 Å². The fourth-order valence-corrected chi connectivity index (χ4v) is 2.31. The van der Waals surface area contributed by atoms with E-state index in [0.717, 1.165) is 19.3 Å². The lowest BCUT2D eigenvalue weighted by atomic mass is 9.97. The van der Waals surface area contributed by atoms with E-state index in [9.17, 15) is 9.59 Å². The Morgan fingerprint density at radius 2 is 2.19 bits per heavy atom. The van der Waals surface area contributed by atoms with Gasteiger partial charge in [0.05, 0.1) is 0 Å². The first-order chi connectivity index (χ1) is 10.1. The average Bonchev–Trinajstić information content (AvgIpc) is 2.85. The molecule has 0 radical (unpaired) electrons. The third-order valence-corrected chi connectivity index (χ3v) is 3.37. The van der Waals surface area contributed by atoms with Gasteiger partial charge in [-0.3, -0.25) is 9.59 Å². The molecule has 1 aromatic rings. The minimum absolute atomic E-state index is 0.203. The van der Waals surface area contributed by atoms with Gasteiger partial charge in [-0.25, -0.2) is 0 Å². The van der Waals surface area contributed by atoms with E-state index in [0.29, 0.717) is 18.1 Å². The summed E-state index contributed by atoms with van der Waals surface area (Å²) in [5, 5.41) is 8.93. The van der Waals surface area contributed by atoms with Crippen LogP contribution >= 0.6 is 0 Å². The first kappa shape index (κ1) is 15.3. The molecule has 1 heterocycles. The Kier molecular flexibility index (Phi) is 5.54. The lowest BCUT2D eigenvalue weighted by Gasteiger charge is -2.12. The van der Waals surface area contributed by atoms with E-state index in [1.165, 1.54) is 18.4 Å². The van der Waals surface area contributed by atoms with Crippen LogP contribution in [0.3, 0.4) is 0 Å². The van der Waals surface area contributed by atoms with Crippen molar-refractivity contribution in [2.45, 2.75) is 45.4 Å². The molecule has 0 saturated carbocycles. The van der Waals surface area contributed by atoms with Crippen molar-refractivity contribution in [3.63, 3.8) is 0 Å². The van der Waals surface area contributed by atoms with Crippen molar-refractivity contribution >= 4 is 17.6 Å². The number of rotatable bonds is 6. The van der Waals surface area contributed by atoms with Crippen LogP contribution in [0.1, 0.15) is 44.3 Å². The number of hydrogen-bond donors (Lipinski definition) is 2. The normalized spacial score (nSPS) is 14.4. The molecule has 2 rings (SSSR count). The molecule has 21 heavy (non-hydrogen) atoms. The highest BCUT2D eigenvalue weighted by Crippen LogP contribution is 2.19. The van der Waals surface area contributed by atoms with Crippen LogP contribution in [0, 0.1) is 6.92 Å². The van der Waals surface area contributed by atoms with Crippen LogP contribution in [-0.4, -0.2) is 23.5 Å². The van der Waals surface area contributed by atoms with Crippen LogP contribution in [0.2, 0.25) is 0 Å². The number of aryl methyl sites for hydroxylation is 1. The maximum atomic E-state index is 11.7. The maximum absolute atomic E-state index is 11.7. The number of allylic oxidation sites excluding steroid dienone is 1. The first-order valence-corrected chi connectivity index (χ1v) is 7.31. The molecule has 1 aliphatic carbocycles. The molecule has 1 aliphatic rings. The third-order valence-electron chi connectivity index (χ3n) is 3.37. The zero-order valence-corrected chi connectivity index (χ0v) is 12.3. The van der Waals surface area contributed by atoms with E-state index in [2.05, 4.69) is 21.9 Å². The van der Waals surface area contributed by atoms with Crippen LogP contribution in [-0.2, 0) is 9.59 Å². The number of aromatic nitrogens is 1. The van der Waals surface area contributed by atoms with Gasteiger partial charge in [-0.1, -0.05) is 16.8 Å². The molecular weight excluding hydrogens is 270 g/mol. The van der Waals surface area contributed by atoms with Crippen LogP contribution in [0.4, 0.5) is 5.82 Å². The van der Waals surface area contributed by atoms with Gasteiger partial charge in [-0.05, 0) is 39.0 Å². The van der Waals surface area contributed by atoms with Gasteiger partial charge < -0.3 is 15.2 Å². The van der Waals surface area contributed by atoms with Crippen molar-refractivity contribution in [2.75, 3.05) is 11.9 Å². The molecule has 6 heteroatoms. The minimum Gasteiger partial charge on any atom is -0.360 e. The monoisotopic (exact) mass is 291 g/mol. The van der Waals surface area contributed by atoms with Crippen molar-refractivity contribution in [2.24, 2.45) is 0 Å². The Hall–Kier alpha value is -2.11. The van der Waals surface area contributed by atoms with E-state index in [1.807, 2.05) is 0 Å². The van der Waals surface area contributed by atoms with Crippen molar-refractivity contribution in [3.8, 4) is 0 Å². The van der Waals surface area contributed by atoms with Crippen molar-refractivity contribution in [3.05, 3.63) is 23.5 Å². The van der Waals surface area contributed by atoms with Gasteiger partial charge in [0.15, 0.2) is 5.82 Å². The van der Waals surface area contributed by atoms with Crippen LogP contribution in [0.25, 0.3) is 0 Å². The summed E-state index contributed by atoms with van der Waals surface area (Å²) in [6.07, 6.45) is 7.69. The van der Waals surface area contributed by atoms with Crippen LogP contribution in [0.5, 0.6) is 0 Å². The predicted octanol–water partition coefficient (Wildman–Crippen LogP) is 2.32. The summed E-state index contributed by atoms with van der Waals surface area (Å²) in [6.45, 7) is 2.32. The van der Waals surface area contributed by atoms with E-state index < -0.39 is 5.91 Å². The van der Waals surface area contributed by atoms with Crippen LogP contribution < -0.4 is 10.6 Å². The molecule has 6 nitrogen and oxygen atoms in total. The fourth-order valence-electron chi connectivity index (χ4n) is 2.31. The molecule has 1 aromatic heterocycles. The fraction of sp³-hybridized carbons (Fsp3) is 0.533. The van der Waals surface area contributed by atoms with Gasteiger partial charge in [0.25, 0.3) is 0 Å². The number of hydrogen-bond acceptors (Lipinski definition) is 4. The summed E-state index contributed by atoms with van der Waals surface area (Å²) in [7, 11) is 0. The molecule has 0 fully saturated rings. The Labute approximate surface area is 124 Å². The molecule has 2 N–H and O–H groups in total. The SMILES string of the molecule is Cc1cc(NC(=O)CC(=O)NCCC2=CCCCC2)no1. The van der Waals surface area contributed by atoms with Crippen molar-refractivity contribution in [1.29, 1.82) is 0 Å². The molecular formula is C15H21N3O3. The van der Waals surface area contributed by atoms with E-state index in [-0.39, 0.29) is 12.3 Å². The van der Waals surface area contributed by atoms with Gasteiger partial charge in [0.1, 0.15) is 12.2 Å². The smallest absolute Gasteiger partial charge is 0.235 e. The van der Waals surface area contributed by atoms with Gasteiger partial charge >= 0.3 is 0 Å². The van der Waals surface area contributed by atoms with Gasteiger partial charge in [0.2, 0.25) is 11.8 Å². The van der Waals surface area contributed by atoms with Crippen molar-refractivity contribution in [1.82, 2.24) is 10.5 Å². The Morgan fingerprint density at radius 1 is 1.33 bits per heavy atom. The highest BCUT2D eigenvalue weighted by atomic mass is 16.5. The van der Waals surface area contributed by atoms with Gasteiger partial charge in [-0.2, -0.15) is 0 Å². The number of nitrogens with one attached hydrogen (secondary N) is 2. The number of carbonyl (C=O) groups is 2. The Bertz CT molecular complexity index is 534. The minimum atomic E-state index is -0.391. The second-order valence-corrected chi connectivity index (χ2v) is 5.26. The molecule has 0 bridgehead atoms. The van der Waals surface area contributed by atoms with Gasteiger partial charge in [-0.15, -0.1) is 0 Å². The molecule has 2 amide bonds. The molecule has 0 aromatic carbocycles. The summed E-state index contributed by atoms with van der Waals surface area (Å²) >= 11 is 0. The second kappa shape index (κ2) is 7.61. The average molecular weight is 291 g/mol. The maximum Gasteiger partial charge on any atom is 0.235 e. The van der Waals surface area contributed by atoms with Gasteiger partial charge in [0, 0.05) is 12.6 Å². The predicted molar refractivity (Wildman–Crippen MR) is 78.7 cm³/mol. The quantitative estimate of drug-likeness (QED) is 0.622. The lowest BCUT2D eigenvalue weighted by molar-refractivity contribution is -0.126. The summed E-state index contributed by atoms with van der Waals surface area (Å²) in [5.41, 5.74) is 1.41. The number of nitrogens with zero attached hydrogens (tertiary/aromatic N) is 1. The molecule has 0 saturated heterocycles. The highest BCUT2D eigenvalue weighted by molar-refractivity contribution is 6.03. The number of carbonyl (C=O) groups excluding carboxylic acids is 2. The molecule has 0 aliphatic heterocycles. The van der Waals surface area contributed by atoms with E-state index in [1.54, 1.807) is 13.0 Å². The summed E-state index contributed by atoms with van der Waals surface area (Å²) < 4.78 is 4.83. The standard InChI is InChI=1S/C15H21N3O3/c1-11-9-13(18-21-11)17-15(20)10-14(19)16-8-7-12-5-3-2-4-6-12/h5,9H,2-4,6-8,10H2,1H3,(H,16,19)(H,17,18,20). The van der Waals surface area contributed by atoms with Crippen molar-refractivity contribution < 1.29 is 14.1 Å². The number of anilines is 1. The third kappa shape index (κ3) is 5.41. The Balaban J connectivity index is 1.64. The molecule has 0 spiro atoms. The molecule has 0 atom stereocenters. The number of amides is 2. The second-order valence-electron chi connectivity index (χ2n) is 5.26. The first-order valence-electron chi connectivity index (χ1n) is 7.31.